The average molecular weight is 421 g/mol. The van der Waals surface area contributed by atoms with E-state index in [1.54, 1.807) is 6.07 Å². The van der Waals surface area contributed by atoms with Crippen molar-refractivity contribution in [1.29, 1.82) is 0 Å². The Morgan fingerprint density at radius 2 is 1.52 bits per heavy atom. The first kappa shape index (κ1) is 19.8. The van der Waals surface area contributed by atoms with Gasteiger partial charge in [0.2, 0.25) is 0 Å². The van der Waals surface area contributed by atoms with Gasteiger partial charge < -0.3 is 0 Å². The van der Waals surface area contributed by atoms with Crippen LogP contribution in [0.1, 0.15) is 42.5 Å². The maximum absolute atomic E-state index is 13.9. The van der Waals surface area contributed by atoms with E-state index in [1.807, 2.05) is 30.3 Å². The molecule has 0 atom stereocenters. The van der Waals surface area contributed by atoms with Gasteiger partial charge >= 0.3 is 6.18 Å². The highest BCUT2D eigenvalue weighted by molar-refractivity contribution is 5.97. The number of aryl methyl sites for hydroxylation is 2. The number of benzene rings is 2. The van der Waals surface area contributed by atoms with Crippen molar-refractivity contribution in [3.63, 3.8) is 0 Å². The normalized spacial score (nSPS) is 14.8. The zero-order valence-electron chi connectivity index (χ0n) is 17.0. The fraction of sp³-hybridized carbons (Fsp3) is 0.280. The summed E-state index contributed by atoms with van der Waals surface area (Å²) in [6.45, 7) is 0. The number of H-pyrrole nitrogens is 1. The Morgan fingerprint density at radius 1 is 0.774 bits per heavy atom. The molecule has 5 rings (SSSR count). The summed E-state index contributed by atoms with van der Waals surface area (Å²) in [7, 11) is 0. The number of halogens is 3. The van der Waals surface area contributed by atoms with Crippen molar-refractivity contribution < 1.29 is 13.2 Å². The molecule has 3 nitrogen and oxygen atoms in total. The first-order valence-electron chi connectivity index (χ1n) is 10.7. The molecule has 4 aromatic rings. The van der Waals surface area contributed by atoms with Crippen molar-refractivity contribution in [3.8, 4) is 22.5 Å². The number of para-hydroxylation sites is 1. The van der Waals surface area contributed by atoms with E-state index in [9.17, 15) is 13.2 Å². The molecule has 1 aliphatic carbocycles. The lowest BCUT2D eigenvalue weighted by Gasteiger charge is -2.19. The summed E-state index contributed by atoms with van der Waals surface area (Å²) < 4.78 is 41.6. The maximum Gasteiger partial charge on any atom is 0.417 e. The fourth-order valence-corrected chi connectivity index (χ4v) is 4.48. The quantitative estimate of drug-likeness (QED) is 0.380. The molecule has 0 fully saturated rings. The van der Waals surface area contributed by atoms with Crippen molar-refractivity contribution in [2.24, 2.45) is 0 Å². The Morgan fingerprint density at radius 3 is 2.35 bits per heavy atom. The van der Waals surface area contributed by atoms with Gasteiger partial charge in [0.05, 0.1) is 16.8 Å². The predicted molar refractivity (Wildman–Crippen MR) is 116 cm³/mol. The van der Waals surface area contributed by atoms with Gasteiger partial charge in [-0.2, -0.15) is 18.3 Å². The standard InChI is InChI=1S/C25H22F3N3/c26-25(27,28)20-12-7-5-10-17(20)23-19(24-18-11-6-8-14-22(18)30-31-24)15-16-9-3-1-2-4-13-21(16)29-23/h5-8,10-12,14-15H,1-4,9,13H2,(H,30,31). The summed E-state index contributed by atoms with van der Waals surface area (Å²) >= 11 is 0. The molecule has 1 N–H and O–H groups in total. The van der Waals surface area contributed by atoms with E-state index in [2.05, 4.69) is 10.2 Å². The van der Waals surface area contributed by atoms with E-state index in [0.29, 0.717) is 17.0 Å². The van der Waals surface area contributed by atoms with Crippen LogP contribution in [0.4, 0.5) is 13.2 Å². The third kappa shape index (κ3) is 3.71. The van der Waals surface area contributed by atoms with E-state index in [0.717, 1.165) is 60.3 Å². The predicted octanol–water partition coefficient (Wildman–Crippen LogP) is 6.97. The minimum atomic E-state index is -4.46. The third-order valence-electron chi connectivity index (χ3n) is 6.01. The molecule has 1 aliphatic rings. The second-order valence-electron chi connectivity index (χ2n) is 8.07. The summed E-state index contributed by atoms with van der Waals surface area (Å²) in [6.07, 6.45) is 1.57. The van der Waals surface area contributed by atoms with E-state index >= 15 is 0 Å². The van der Waals surface area contributed by atoms with E-state index in [4.69, 9.17) is 4.98 Å². The Hall–Kier alpha value is -3.15. The van der Waals surface area contributed by atoms with Crippen LogP contribution in [-0.2, 0) is 19.0 Å². The molecule has 6 heteroatoms. The number of pyridine rings is 1. The van der Waals surface area contributed by atoms with Crippen molar-refractivity contribution in [2.45, 2.75) is 44.7 Å². The number of fused-ring (bicyclic) bond motifs is 2. The molecule has 0 spiro atoms. The molecule has 2 aromatic carbocycles. The van der Waals surface area contributed by atoms with Crippen molar-refractivity contribution in [2.75, 3.05) is 0 Å². The second-order valence-corrected chi connectivity index (χ2v) is 8.07. The number of aromatic amines is 1. The Balaban J connectivity index is 1.80. The average Bonchev–Trinajstić information content (AvgIpc) is 3.17. The molecule has 158 valence electrons. The van der Waals surface area contributed by atoms with Gasteiger partial charge in [-0.15, -0.1) is 0 Å². The van der Waals surface area contributed by atoms with Gasteiger partial charge in [0, 0.05) is 22.2 Å². The minimum Gasteiger partial charge on any atom is -0.277 e. The van der Waals surface area contributed by atoms with Crippen molar-refractivity contribution in [3.05, 3.63) is 71.4 Å². The van der Waals surface area contributed by atoms with Gasteiger partial charge in [-0.3, -0.25) is 10.1 Å². The van der Waals surface area contributed by atoms with Gasteiger partial charge in [0.1, 0.15) is 5.69 Å². The van der Waals surface area contributed by atoms with Gasteiger partial charge in [0.25, 0.3) is 0 Å². The second kappa shape index (κ2) is 7.84. The Bertz CT molecular complexity index is 1240. The first-order valence-corrected chi connectivity index (χ1v) is 10.7. The molecule has 0 aliphatic heterocycles. The van der Waals surface area contributed by atoms with E-state index in [1.165, 1.54) is 18.6 Å². The van der Waals surface area contributed by atoms with Crippen molar-refractivity contribution >= 4 is 10.9 Å². The van der Waals surface area contributed by atoms with Gasteiger partial charge in [-0.25, -0.2) is 0 Å². The van der Waals surface area contributed by atoms with Crippen LogP contribution in [0.25, 0.3) is 33.4 Å². The monoisotopic (exact) mass is 421 g/mol. The molecule has 0 bridgehead atoms. The topological polar surface area (TPSA) is 41.6 Å². The number of alkyl halides is 3. The lowest BCUT2D eigenvalue weighted by molar-refractivity contribution is -0.137. The molecule has 2 heterocycles. The maximum atomic E-state index is 13.9. The van der Waals surface area contributed by atoms with Crippen LogP contribution in [0.15, 0.2) is 54.6 Å². The molecular formula is C25H22F3N3. The molecule has 31 heavy (non-hydrogen) atoms. The third-order valence-corrected chi connectivity index (χ3v) is 6.01. The van der Waals surface area contributed by atoms with Crippen LogP contribution in [0, 0.1) is 0 Å². The number of hydrogen-bond donors (Lipinski definition) is 1. The molecule has 0 amide bonds. The number of nitrogens with zero attached hydrogens (tertiary/aromatic N) is 2. The summed E-state index contributed by atoms with van der Waals surface area (Å²) in [5.41, 5.74) is 3.94. The van der Waals surface area contributed by atoms with Crippen molar-refractivity contribution in [1.82, 2.24) is 15.2 Å². The van der Waals surface area contributed by atoms with Crippen LogP contribution < -0.4 is 0 Å². The zero-order valence-corrected chi connectivity index (χ0v) is 17.0. The van der Waals surface area contributed by atoms with E-state index in [-0.39, 0.29) is 5.56 Å². The fourth-order valence-electron chi connectivity index (χ4n) is 4.48. The summed E-state index contributed by atoms with van der Waals surface area (Å²) in [5, 5.41) is 8.38. The highest BCUT2D eigenvalue weighted by atomic mass is 19.4. The van der Waals surface area contributed by atoms with Gasteiger partial charge in [-0.05, 0) is 49.4 Å². The Kier molecular flexibility index (Phi) is 5.00. The summed E-state index contributed by atoms with van der Waals surface area (Å²) in [4.78, 5) is 4.87. The molecule has 0 saturated heterocycles. The molecule has 2 aromatic heterocycles. The highest BCUT2D eigenvalue weighted by Crippen LogP contribution is 2.41. The van der Waals surface area contributed by atoms with Crippen LogP contribution in [0.5, 0.6) is 0 Å². The molecule has 0 unspecified atom stereocenters. The first-order chi connectivity index (χ1) is 15.0. The summed E-state index contributed by atoms with van der Waals surface area (Å²) in [6, 6.07) is 15.4. The van der Waals surface area contributed by atoms with Crippen LogP contribution in [-0.4, -0.2) is 15.2 Å². The lowest BCUT2D eigenvalue weighted by atomic mass is 9.91. The number of nitrogens with one attached hydrogen (secondary N) is 1. The SMILES string of the molecule is FC(F)(F)c1ccccc1-c1nc2c(cc1-c1n[nH]c3ccccc13)CCCCCC2. The van der Waals surface area contributed by atoms with Crippen LogP contribution in [0.3, 0.4) is 0 Å². The Labute approximate surface area is 178 Å². The smallest absolute Gasteiger partial charge is 0.277 e. The molecule has 0 saturated carbocycles. The summed E-state index contributed by atoms with van der Waals surface area (Å²) in [5.74, 6) is 0. The molecular weight excluding hydrogens is 399 g/mol. The molecule has 0 radical (unpaired) electrons. The van der Waals surface area contributed by atoms with E-state index < -0.39 is 11.7 Å². The van der Waals surface area contributed by atoms with Gasteiger partial charge in [0.15, 0.2) is 0 Å². The lowest BCUT2D eigenvalue weighted by Crippen LogP contribution is -2.10. The highest BCUT2D eigenvalue weighted by Gasteiger charge is 2.34. The number of aromatic nitrogens is 3. The number of hydrogen-bond acceptors (Lipinski definition) is 2. The minimum absolute atomic E-state index is 0.0990. The van der Waals surface area contributed by atoms with Gasteiger partial charge in [-0.1, -0.05) is 49.2 Å². The van der Waals surface area contributed by atoms with Crippen LogP contribution >= 0.6 is 0 Å². The zero-order chi connectivity index (χ0) is 21.4. The largest absolute Gasteiger partial charge is 0.417 e. The number of rotatable bonds is 2. The van der Waals surface area contributed by atoms with Crippen LogP contribution in [0.2, 0.25) is 0 Å².